The Kier molecular flexibility index (Phi) is 4.39. The van der Waals surface area contributed by atoms with Gasteiger partial charge in [0.1, 0.15) is 11.6 Å². The summed E-state index contributed by atoms with van der Waals surface area (Å²) in [5, 5.41) is 11.9. The lowest BCUT2D eigenvalue weighted by atomic mass is 9.85. The van der Waals surface area contributed by atoms with Gasteiger partial charge in [0.2, 0.25) is 0 Å². The minimum Gasteiger partial charge on any atom is -0.481 e. The van der Waals surface area contributed by atoms with Crippen LogP contribution in [-0.2, 0) is 4.79 Å². The molecule has 1 aliphatic rings. The normalized spacial score (nSPS) is 23.1. The maximum absolute atomic E-state index is 13.7. The Morgan fingerprint density at radius 3 is 2.74 bits per heavy atom. The summed E-state index contributed by atoms with van der Waals surface area (Å²) < 4.78 is 27.1. The fourth-order valence-corrected chi connectivity index (χ4v) is 2.71. The number of rotatable bonds is 3. The van der Waals surface area contributed by atoms with Crippen LogP contribution in [0.25, 0.3) is 0 Å². The molecular formula is C13H14BrF2NO2. The number of anilines is 1. The van der Waals surface area contributed by atoms with Crippen LogP contribution in [0.3, 0.4) is 0 Å². The molecule has 0 aromatic heterocycles. The van der Waals surface area contributed by atoms with Crippen LogP contribution in [0, 0.1) is 17.6 Å². The highest BCUT2D eigenvalue weighted by atomic mass is 79.9. The fraction of sp³-hybridized carbons (Fsp3) is 0.462. The number of nitrogens with one attached hydrogen (secondary N) is 1. The number of halogens is 3. The van der Waals surface area contributed by atoms with Gasteiger partial charge in [0.05, 0.1) is 16.1 Å². The SMILES string of the molecule is O=C(O)C1CCCC(Nc2cc(F)c(Br)cc2F)C1. The molecule has 2 N–H and O–H groups in total. The van der Waals surface area contributed by atoms with Crippen molar-refractivity contribution in [3.05, 3.63) is 28.2 Å². The highest BCUT2D eigenvalue weighted by Crippen LogP contribution is 2.29. The van der Waals surface area contributed by atoms with Crippen molar-refractivity contribution in [2.45, 2.75) is 31.7 Å². The first-order chi connectivity index (χ1) is 8.97. The second-order valence-electron chi connectivity index (χ2n) is 4.79. The topological polar surface area (TPSA) is 49.3 Å². The van der Waals surface area contributed by atoms with Gasteiger partial charge in [-0.1, -0.05) is 6.42 Å². The molecule has 2 unspecified atom stereocenters. The predicted octanol–water partition coefficient (Wildman–Crippen LogP) is 3.78. The molecule has 1 saturated carbocycles. The molecule has 2 atom stereocenters. The van der Waals surface area contributed by atoms with Crippen molar-refractivity contribution in [3.8, 4) is 0 Å². The molecule has 3 nitrogen and oxygen atoms in total. The highest BCUT2D eigenvalue weighted by Gasteiger charge is 2.27. The predicted molar refractivity (Wildman–Crippen MR) is 71.1 cm³/mol. The Morgan fingerprint density at radius 1 is 1.32 bits per heavy atom. The van der Waals surface area contributed by atoms with E-state index in [1.165, 1.54) is 0 Å². The lowest BCUT2D eigenvalue weighted by Crippen LogP contribution is -2.31. The van der Waals surface area contributed by atoms with Gasteiger partial charge in [-0.05, 0) is 41.3 Å². The number of aliphatic carboxylic acids is 1. The minimum absolute atomic E-state index is 0.0719. The van der Waals surface area contributed by atoms with Crippen molar-refractivity contribution < 1.29 is 18.7 Å². The van der Waals surface area contributed by atoms with Gasteiger partial charge in [-0.2, -0.15) is 0 Å². The van der Waals surface area contributed by atoms with Gasteiger partial charge in [0, 0.05) is 12.1 Å². The zero-order valence-corrected chi connectivity index (χ0v) is 11.7. The number of hydrogen-bond donors (Lipinski definition) is 2. The standard InChI is InChI=1S/C13H14BrF2NO2/c14-9-5-11(16)12(6-10(9)15)17-8-3-1-2-7(4-8)13(18)19/h5-8,17H,1-4H2,(H,18,19). The van der Waals surface area contributed by atoms with E-state index < -0.39 is 23.5 Å². The highest BCUT2D eigenvalue weighted by molar-refractivity contribution is 9.10. The van der Waals surface area contributed by atoms with Crippen LogP contribution < -0.4 is 5.32 Å². The Hall–Kier alpha value is -1.17. The molecule has 0 bridgehead atoms. The molecule has 0 radical (unpaired) electrons. The first kappa shape index (κ1) is 14.2. The quantitative estimate of drug-likeness (QED) is 0.827. The molecule has 2 rings (SSSR count). The van der Waals surface area contributed by atoms with Gasteiger partial charge in [-0.3, -0.25) is 4.79 Å². The maximum atomic E-state index is 13.7. The minimum atomic E-state index is -0.825. The molecule has 0 spiro atoms. The molecule has 6 heteroatoms. The van der Waals surface area contributed by atoms with Crippen LogP contribution in [0.2, 0.25) is 0 Å². The van der Waals surface area contributed by atoms with Crippen molar-refractivity contribution in [1.82, 2.24) is 0 Å². The Labute approximate surface area is 118 Å². The van der Waals surface area contributed by atoms with E-state index in [1.807, 2.05) is 0 Å². The Bertz CT molecular complexity index is 496. The zero-order valence-electron chi connectivity index (χ0n) is 10.1. The molecule has 0 aliphatic heterocycles. The van der Waals surface area contributed by atoms with Crippen LogP contribution >= 0.6 is 15.9 Å². The second kappa shape index (κ2) is 5.86. The van der Waals surface area contributed by atoms with Crippen LogP contribution in [0.4, 0.5) is 14.5 Å². The smallest absolute Gasteiger partial charge is 0.306 e. The van der Waals surface area contributed by atoms with E-state index in [1.54, 1.807) is 0 Å². The van der Waals surface area contributed by atoms with Crippen molar-refractivity contribution in [2.24, 2.45) is 5.92 Å². The average molecular weight is 334 g/mol. The largest absolute Gasteiger partial charge is 0.481 e. The first-order valence-corrected chi connectivity index (χ1v) is 6.90. The Morgan fingerprint density at radius 2 is 2.05 bits per heavy atom. The number of carboxylic acid groups (broad SMARTS) is 1. The summed E-state index contributed by atoms with van der Waals surface area (Å²) in [7, 11) is 0. The van der Waals surface area contributed by atoms with E-state index in [9.17, 15) is 13.6 Å². The summed E-state index contributed by atoms with van der Waals surface area (Å²) in [5.41, 5.74) is 0.0803. The summed E-state index contributed by atoms with van der Waals surface area (Å²) in [4.78, 5) is 11.0. The summed E-state index contributed by atoms with van der Waals surface area (Å²) in [6, 6.07) is 2.02. The molecule has 0 saturated heterocycles. The molecule has 0 amide bonds. The number of benzene rings is 1. The van der Waals surface area contributed by atoms with E-state index in [0.29, 0.717) is 12.8 Å². The summed E-state index contributed by atoms with van der Waals surface area (Å²) in [5.74, 6) is -2.33. The van der Waals surface area contributed by atoms with Crippen LogP contribution in [0.1, 0.15) is 25.7 Å². The monoisotopic (exact) mass is 333 g/mol. The van der Waals surface area contributed by atoms with Gasteiger partial charge in [-0.15, -0.1) is 0 Å². The average Bonchev–Trinajstić information content (AvgIpc) is 2.36. The van der Waals surface area contributed by atoms with Crippen LogP contribution in [0.15, 0.2) is 16.6 Å². The zero-order chi connectivity index (χ0) is 14.0. The maximum Gasteiger partial charge on any atom is 0.306 e. The van der Waals surface area contributed by atoms with E-state index >= 15 is 0 Å². The third kappa shape index (κ3) is 3.43. The summed E-state index contributed by atoms with van der Waals surface area (Å²) >= 11 is 2.91. The first-order valence-electron chi connectivity index (χ1n) is 6.11. The molecule has 19 heavy (non-hydrogen) atoms. The second-order valence-corrected chi connectivity index (χ2v) is 5.64. The molecular weight excluding hydrogens is 320 g/mol. The molecule has 1 aromatic rings. The molecule has 1 aliphatic carbocycles. The number of hydrogen-bond acceptors (Lipinski definition) is 2. The summed E-state index contributed by atoms with van der Waals surface area (Å²) in [6.45, 7) is 0. The van der Waals surface area contributed by atoms with Gasteiger partial charge in [0.25, 0.3) is 0 Å². The molecule has 0 heterocycles. The third-order valence-electron chi connectivity index (χ3n) is 3.39. The lowest BCUT2D eigenvalue weighted by molar-refractivity contribution is -0.142. The van der Waals surface area contributed by atoms with Crippen molar-refractivity contribution in [2.75, 3.05) is 5.32 Å². The number of carboxylic acids is 1. The molecule has 104 valence electrons. The van der Waals surface area contributed by atoms with Crippen molar-refractivity contribution >= 4 is 27.6 Å². The van der Waals surface area contributed by atoms with E-state index in [4.69, 9.17) is 5.11 Å². The molecule has 1 aromatic carbocycles. The lowest BCUT2D eigenvalue weighted by Gasteiger charge is -2.28. The van der Waals surface area contributed by atoms with Crippen molar-refractivity contribution in [3.63, 3.8) is 0 Å². The number of carbonyl (C=O) groups is 1. The van der Waals surface area contributed by atoms with Crippen LogP contribution in [-0.4, -0.2) is 17.1 Å². The van der Waals surface area contributed by atoms with Gasteiger partial charge >= 0.3 is 5.97 Å². The van der Waals surface area contributed by atoms with E-state index in [0.717, 1.165) is 25.0 Å². The third-order valence-corrected chi connectivity index (χ3v) is 4.00. The Balaban J connectivity index is 2.08. The van der Waals surface area contributed by atoms with Crippen LogP contribution in [0.5, 0.6) is 0 Å². The van der Waals surface area contributed by atoms with Crippen molar-refractivity contribution in [1.29, 1.82) is 0 Å². The summed E-state index contributed by atoms with van der Waals surface area (Å²) in [6.07, 6.45) is 2.62. The molecule has 1 fully saturated rings. The van der Waals surface area contributed by atoms with Gasteiger partial charge < -0.3 is 10.4 Å². The fourth-order valence-electron chi connectivity index (χ4n) is 2.40. The van der Waals surface area contributed by atoms with Gasteiger partial charge in [-0.25, -0.2) is 8.78 Å². The van der Waals surface area contributed by atoms with E-state index in [-0.39, 0.29) is 16.2 Å². The van der Waals surface area contributed by atoms with Gasteiger partial charge in [0.15, 0.2) is 0 Å². The van der Waals surface area contributed by atoms with E-state index in [2.05, 4.69) is 21.2 Å².